The fourth-order valence-corrected chi connectivity index (χ4v) is 2.03. The second kappa shape index (κ2) is 21.4. The summed E-state index contributed by atoms with van der Waals surface area (Å²) in [6.07, 6.45) is 4.68. The third kappa shape index (κ3) is 24.6. The second-order valence-electron chi connectivity index (χ2n) is 6.55. The Kier molecular flexibility index (Phi) is 23.9. The Morgan fingerprint density at radius 3 is 2.04 bits per heavy atom. The van der Waals surface area contributed by atoms with Crippen molar-refractivity contribution in [2.45, 2.75) is 78.8 Å². The molecule has 0 aromatic heterocycles. The number of hydrogen-bond donors (Lipinski definition) is 5. The van der Waals surface area contributed by atoms with E-state index in [1.165, 1.54) is 6.42 Å². The van der Waals surface area contributed by atoms with Gasteiger partial charge in [-0.2, -0.15) is 0 Å². The zero-order chi connectivity index (χ0) is 21.0. The third-order valence-electron chi connectivity index (χ3n) is 2.96. The molecule has 0 aromatic carbocycles. The van der Waals surface area contributed by atoms with Crippen molar-refractivity contribution in [2.24, 2.45) is 23.1 Å². The maximum atomic E-state index is 11.7. The standard InChI is InChI=1S/C14H30N4O2.C3H8.CH3NO/c1-10(2)8-11(3)18-13(19)9-17-14(20)12(16)6-4-5-7-15;1-3-2;2-1-3/h10-12H,4-9,15-16H2,1-3H3,(H,17,20)(H,18,19);3H2,1-2H3;1H,(H2,2,3)/t11-,12+;;/m1../s1. The van der Waals surface area contributed by atoms with E-state index >= 15 is 0 Å². The summed E-state index contributed by atoms with van der Waals surface area (Å²) in [6.45, 7) is 11.0. The van der Waals surface area contributed by atoms with Crippen LogP contribution in [-0.4, -0.2) is 43.4 Å². The molecule has 0 bridgehead atoms. The number of amides is 3. The van der Waals surface area contributed by atoms with E-state index in [-0.39, 0.29) is 30.8 Å². The summed E-state index contributed by atoms with van der Waals surface area (Å²) in [4.78, 5) is 31.9. The smallest absolute Gasteiger partial charge is 0.239 e. The minimum Gasteiger partial charge on any atom is -0.372 e. The van der Waals surface area contributed by atoms with E-state index in [0.717, 1.165) is 19.3 Å². The van der Waals surface area contributed by atoms with Crippen LogP contribution in [0.25, 0.3) is 0 Å². The van der Waals surface area contributed by atoms with Crippen LogP contribution >= 0.6 is 0 Å². The molecule has 0 aliphatic carbocycles. The van der Waals surface area contributed by atoms with Crippen LogP contribution in [0, 0.1) is 5.92 Å². The molecule has 0 rings (SSSR count). The normalized spacial score (nSPS) is 11.8. The highest BCUT2D eigenvalue weighted by Crippen LogP contribution is 2.03. The molecule has 0 radical (unpaired) electrons. The number of hydrogen-bond acceptors (Lipinski definition) is 5. The van der Waals surface area contributed by atoms with Gasteiger partial charge in [0.2, 0.25) is 18.2 Å². The Labute approximate surface area is 159 Å². The molecule has 8 N–H and O–H groups in total. The van der Waals surface area contributed by atoms with Crippen molar-refractivity contribution in [3.63, 3.8) is 0 Å². The molecular formula is C18H41N5O3. The fourth-order valence-electron chi connectivity index (χ4n) is 2.03. The fraction of sp³-hybridized carbons (Fsp3) is 0.833. The predicted octanol–water partition coefficient (Wildman–Crippen LogP) is 0.628. The molecule has 0 spiro atoms. The molecule has 3 amide bonds. The number of nitrogens with one attached hydrogen (secondary N) is 2. The lowest BCUT2D eigenvalue weighted by Crippen LogP contribution is -2.46. The van der Waals surface area contributed by atoms with Crippen molar-refractivity contribution in [2.75, 3.05) is 13.1 Å². The quantitative estimate of drug-likeness (QED) is 0.280. The Bertz CT molecular complexity index is 352. The van der Waals surface area contributed by atoms with Gasteiger partial charge >= 0.3 is 0 Å². The summed E-state index contributed by atoms with van der Waals surface area (Å²) in [5, 5.41) is 5.41. The molecule has 8 heteroatoms. The summed E-state index contributed by atoms with van der Waals surface area (Å²) in [5.41, 5.74) is 15.3. The van der Waals surface area contributed by atoms with E-state index in [1.54, 1.807) is 0 Å². The number of rotatable bonds is 10. The molecule has 8 nitrogen and oxygen atoms in total. The highest BCUT2D eigenvalue weighted by Gasteiger charge is 2.15. The van der Waals surface area contributed by atoms with Gasteiger partial charge in [0.15, 0.2) is 0 Å². The number of primary amides is 1. The molecule has 0 unspecified atom stereocenters. The Balaban J connectivity index is -0.000000768. The Morgan fingerprint density at radius 2 is 1.62 bits per heavy atom. The van der Waals surface area contributed by atoms with E-state index in [1.807, 2.05) is 6.92 Å². The highest BCUT2D eigenvalue weighted by molar-refractivity contribution is 5.87. The summed E-state index contributed by atoms with van der Waals surface area (Å²) >= 11 is 0. The van der Waals surface area contributed by atoms with Gasteiger partial charge in [-0.25, -0.2) is 0 Å². The SMILES string of the molecule is CC(C)C[C@@H](C)NC(=O)CNC(=O)[C@@H](N)CCCCN.CCC.NC=O. The zero-order valence-electron chi connectivity index (χ0n) is 17.2. The number of nitrogens with two attached hydrogens (primary N) is 3. The lowest BCUT2D eigenvalue weighted by atomic mass is 10.1. The minimum absolute atomic E-state index is 0.0220. The Hall–Kier alpha value is -1.67. The third-order valence-corrected chi connectivity index (χ3v) is 2.96. The van der Waals surface area contributed by atoms with Crippen molar-refractivity contribution in [3.05, 3.63) is 0 Å². The molecular weight excluding hydrogens is 334 g/mol. The second-order valence-corrected chi connectivity index (χ2v) is 6.55. The molecule has 0 aliphatic rings. The molecule has 0 heterocycles. The van der Waals surface area contributed by atoms with Gasteiger partial charge in [0.05, 0.1) is 12.6 Å². The first-order valence-corrected chi connectivity index (χ1v) is 9.37. The first kappa shape index (κ1) is 29.1. The summed E-state index contributed by atoms with van der Waals surface area (Å²) in [6, 6.07) is -0.458. The van der Waals surface area contributed by atoms with Gasteiger partial charge in [-0.3, -0.25) is 14.4 Å². The van der Waals surface area contributed by atoms with Crippen LogP contribution in [0.4, 0.5) is 0 Å². The van der Waals surface area contributed by atoms with Gasteiger partial charge in [-0.15, -0.1) is 0 Å². The van der Waals surface area contributed by atoms with Gasteiger partial charge in [0, 0.05) is 6.04 Å². The summed E-state index contributed by atoms with van der Waals surface area (Å²) < 4.78 is 0. The lowest BCUT2D eigenvalue weighted by molar-refractivity contribution is -0.127. The molecule has 0 aromatic rings. The van der Waals surface area contributed by atoms with Gasteiger partial charge in [-0.1, -0.05) is 40.5 Å². The Morgan fingerprint density at radius 1 is 1.12 bits per heavy atom. The summed E-state index contributed by atoms with van der Waals surface area (Å²) in [7, 11) is 0. The topological polar surface area (TPSA) is 153 Å². The van der Waals surface area contributed by atoms with Gasteiger partial charge in [0.25, 0.3) is 0 Å². The van der Waals surface area contributed by atoms with Crippen molar-refractivity contribution >= 4 is 18.2 Å². The average molecular weight is 376 g/mol. The number of carbonyl (C=O) groups excluding carboxylic acids is 3. The summed E-state index contributed by atoms with van der Waals surface area (Å²) in [5.74, 6) is 0.0604. The van der Waals surface area contributed by atoms with Gasteiger partial charge in [-0.05, 0) is 38.6 Å². The molecule has 0 aliphatic heterocycles. The monoisotopic (exact) mass is 375 g/mol. The highest BCUT2D eigenvalue weighted by atomic mass is 16.2. The average Bonchev–Trinajstić information content (AvgIpc) is 2.53. The van der Waals surface area contributed by atoms with E-state index < -0.39 is 6.04 Å². The lowest BCUT2D eigenvalue weighted by Gasteiger charge is -2.17. The van der Waals surface area contributed by atoms with Crippen molar-refractivity contribution in [3.8, 4) is 0 Å². The van der Waals surface area contributed by atoms with E-state index in [9.17, 15) is 9.59 Å². The maximum absolute atomic E-state index is 11.7. The molecule has 0 fully saturated rings. The van der Waals surface area contributed by atoms with Crippen molar-refractivity contribution in [1.82, 2.24) is 10.6 Å². The largest absolute Gasteiger partial charge is 0.372 e. The molecule has 26 heavy (non-hydrogen) atoms. The minimum atomic E-state index is -0.567. The number of carbonyl (C=O) groups is 3. The van der Waals surface area contributed by atoms with E-state index in [2.05, 4.69) is 44.1 Å². The first-order chi connectivity index (χ1) is 12.2. The molecule has 2 atom stereocenters. The van der Waals surface area contributed by atoms with Crippen LogP contribution < -0.4 is 27.8 Å². The van der Waals surface area contributed by atoms with E-state index in [4.69, 9.17) is 16.3 Å². The van der Waals surface area contributed by atoms with Crippen LogP contribution in [0.2, 0.25) is 0 Å². The van der Waals surface area contributed by atoms with Gasteiger partial charge in [0.1, 0.15) is 0 Å². The van der Waals surface area contributed by atoms with Crippen molar-refractivity contribution in [1.29, 1.82) is 0 Å². The predicted molar refractivity (Wildman–Crippen MR) is 107 cm³/mol. The van der Waals surface area contributed by atoms with Crippen LogP contribution in [-0.2, 0) is 14.4 Å². The van der Waals surface area contributed by atoms with Crippen LogP contribution in [0.3, 0.4) is 0 Å². The zero-order valence-corrected chi connectivity index (χ0v) is 17.2. The molecule has 0 saturated heterocycles. The number of unbranched alkanes of at least 4 members (excludes halogenated alkanes) is 1. The van der Waals surface area contributed by atoms with Crippen LogP contribution in [0.15, 0.2) is 0 Å². The molecule has 156 valence electrons. The van der Waals surface area contributed by atoms with Gasteiger partial charge < -0.3 is 27.8 Å². The maximum Gasteiger partial charge on any atom is 0.239 e. The van der Waals surface area contributed by atoms with Crippen LogP contribution in [0.1, 0.15) is 66.7 Å². The first-order valence-electron chi connectivity index (χ1n) is 9.37. The van der Waals surface area contributed by atoms with E-state index in [0.29, 0.717) is 18.9 Å². The molecule has 0 saturated carbocycles. The van der Waals surface area contributed by atoms with Crippen LogP contribution in [0.5, 0.6) is 0 Å². The van der Waals surface area contributed by atoms with Crippen molar-refractivity contribution < 1.29 is 14.4 Å².